The van der Waals surface area contributed by atoms with Gasteiger partial charge in [-0.15, -0.1) is 0 Å². The van der Waals surface area contributed by atoms with Gasteiger partial charge >= 0.3 is 5.69 Å². The van der Waals surface area contributed by atoms with Crippen LogP contribution in [0, 0.1) is 0 Å². The first-order valence-electron chi connectivity index (χ1n) is 8.00. The summed E-state index contributed by atoms with van der Waals surface area (Å²) in [5.41, 5.74) is 0.861. The van der Waals surface area contributed by atoms with Crippen LogP contribution < -0.4 is 16.0 Å². The van der Waals surface area contributed by atoms with Crippen LogP contribution in [0.15, 0.2) is 27.9 Å². The number of ether oxygens (including phenoxy) is 1. The van der Waals surface area contributed by atoms with E-state index in [-0.39, 0.29) is 11.2 Å². The molecule has 0 aromatic carbocycles. The highest BCUT2D eigenvalue weighted by molar-refractivity contribution is 5.75. The largest absolute Gasteiger partial charge is 0.481 e. The van der Waals surface area contributed by atoms with Gasteiger partial charge in [0.15, 0.2) is 5.65 Å². The van der Waals surface area contributed by atoms with Gasteiger partial charge in [-0.25, -0.2) is 14.8 Å². The number of aromatic amines is 1. The maximum Gasteiger partial charge on any atom is 0.332 e. The zero-order valence-corrected chi connectivity index (χ0v) is 14.3. The minimum Gasteiger partial charge on any atom is -0.481 e. The van der Waals surface area contributed by atoms with Crippen LogP contribution in [0.2, 0.25) is 0 Å². The Morgan fingerprint density at radius 1 is 1.16 bits per heavy atom. The summed E-state index contributed by atoms with van der Waals surface area (Å²) in [7, 11) is 1.56. The number of hydrogen-bond acceptors (Lipinski definition) is 5. The Morgan fingerprint density at radius 3 is 2.52 bits per heavy atom. The summed E-state index contributed by atoms with van der Waals surface area (Å²) < 4.78 is 7.71. The third kappa shape index (κ3) is 2.98. The van der Waals surface area contributed by atoms with Crippen molar-refractivity contribution < 1.29 is 4.74 Å². The molecule has 25 heavy (non-hydrogen) atoms. The number of fused-ring (bicyclic) bond motifs is 1. The Labute approximate surface area is 143 Å². The van der Waals surface area contributed by atoms with Crippen LogP contribution in [0.25, 0.3) is 23.3 Å². The number of nitrogens with zero attached hydrogens (tertiary/aromatic N) is 4. The van der Waals surface area contributed by atoms with Crippen molar-refractivity contribution in [3.05, 3.63) is 50.6 Å². The van der Waals surface area contributed by atoms with Crippen LogP contribution in [-0.4, -0.2) is 31.2 Å². The fraction of sp³-hybridized carbons (Fsp3) is 0.294. The predicted octanol–water partition coefficient (Wildman–Crippen LogP) is 1.50. The van der Waals surface area contributed by atoms with Gasteiger partial charge in [-0.1, -0.05) is 0 Å². The second-order valence-electron chi connectivity index (χ2n) is 5.36. The molecule has 0 amide bonds. The third-order valence-electron chi connectivity index (χ3n) is 3.91. The number of rotatable bonds is 5. The van der Waals surface area contributed by atoms with E-state index in [1.54, 1.807) is 32.4 Å². The molecule has 0 spiro atoms. The minimum absolute atomic E-state index is 0.315. The topological polar surface area (TPSA) is 94.8 Å². The Kier molecular flexibility index (Phi) is 4.51. The summed E-state index contributed by atoms with van der Waals surface area (Å²) >= 11 is 0. The van der Waals surface area contributed by atoms with Crippen molar-refractivity contribution in [2.45, 2.75) is 26.9 Å². The molecule has 0 bridgehead atoms. The van der Waals surface area contributed by atoms with Gasteiger partial charge in [0.1, 0.15) is 11.3 Å². The van der Waals surface area contributed by atoms with Gasteiger partial charge in [-0.2, -0.15) is 0 Å². The molecule has 0 aliphatic carbocycles. The van der Waals surface area contributed by atoms with Crippen LogP contribution >= 0.6 is 0 Å². The van der Waals surface area contributed by atoms with Gasteiger partial charge in [0.2, 0.25) is 5.88 Å². The van der Waals surface area contributed by atoms with Crippen molar-refractivity contribution in [1.82, 2.24) is 24.1 Å². The average Bonchev–Trinajstić information content (AvgIpc) is 3.05. The van der Waals surface area contributed by atoms with Gasteiger partial charge in [0.05, 0.1) is 7.11 Å². The smallest absolute Gasteiger partial charge is 0.332 e. The average molecular weight is 341 g/mol. The molecule has 0 fully saturated rings. The zero-order valence-electron chi connectivity index (χ0n) is 14.3. The summed E-state index contributed by atoms with van der Waals surface area (Å²) in [5, 5.41) is 0. The molecule has 0 aliphatic rings. The second kappa shape index (κ2) is 6.76. The standard InChI is InChI=1S/C17H19N5O3/c1-4-21-15-14(16(23)22(5-2)17(21)24)19-12(20-15)8-6-11-7-9-13(25-3)18-10-11/h6-10H,4-5H2,1-3H3,(H,19,20)/b8-6+. The third-order valence-corrected chi connectivity index (χ3v) is 3.91. The Bertz CT molecular complexity index is 1040. The van der Waals surface area contributed by atoms with Crippen LogP contribution in [0.4, 0.5) is 0 Å². The lowest BCUT2D eigenvalue weighted by atomic mass is 10.2. The predicted molar refractivity (Wildman–Crippen MR) is 95.7 cm³/mol. The van der Waals surface area contributed by atoms with E-state index < -0.39 is 0 Å². The lowest BCUT2D eigenvalue weighted by Crippen LogP contribution is -2.39. The summed E-state index contributed by atoms with van der Waals surface area (Å²) in [4.78, 5) is 36.3. The van der Waals surface area contributed by atoms with Crippen LogP contribution in [0.3, 0.4) is 0 Å². The van der Waals surface area contributed by atoms with E-state index in [0.717, 1.165) is 5.56 Å². The van der Waals surface area contributed by atoms with Gasteiger partial charge in [-0.05, 0) is 37.6 Å². The number of hydrogen-bond donors (Lipinski definition) is 1. The molecule has 0 saturated heterocycles. The molecule has 0 saturated carbocycles. The molecule has 0 atom stereocenters. The maximum absolute atomic E-state index is 12.4. The van der Waals surface area contributed by atoms with Crippen molar-refractivity contribution in [3.8, 4) is 5.88 Å². The molecule has 0 aliphatic heterocycles. The molecule has 8 heteroatoms. The molecule has 8 nitrogen and oxygen atoms in total. The number of nitrogens with one attached hydrogen (secondary N) is 1. The number of aromatic nitrogens is 5. The molecule has 0 unspecified atom stereocenters. The summed E-state index contributed by atoms with van der Waals surface area (Å²) in [6, 6.07) is 3.62. The number of imidazole rings is 1. The fourth-order valence-corrected chi connectivity index (χ4v) is 2.61. The van der Waals surface area contributed by atoms with Crippen molar-refractivity contribution in [3.63, 3.8) is 0 Å². The maximum atomic E-state index is 12.4. The second-order valence-corrected chi connectivity index (χ2v) is 5.36. The highest BCUT2D eigenvalue weighted by Gasteiger charge is 2.14. The molecule has 0 radical (unpaired) electrons. The van der Waals surface area contributed by atoms with E-state index in [1.807, 2.05) is 19.1 Å². The first-order valence-corrected chi connectivity index (χ1v) is 8.00. The number of aryl methyl sites for hydroxylation is 1. The summed E-state index contributed by atoms with van der Waals surface area (Å²) in [6.45, 7) is 4.36. The highest BCUT2D eigenvalue weighted by Crippen LogP contribution is 2.11. The highest BCUT2D eigenvalue weighted by atomic mass is 16.5. The normalized spacial score (nSPS) is 11.5. The molecular weight excluding hydrogens is 322 g/mol. The van der Waals surface area contributed by atoms with Crippen molar-refractivity contribution in [2.75, 3.05) is 7.11 Å². The molecule has 130 valence electrons. The Hall–Kier alpha value is -3.16. The lowest BCUT2D eigenvalue weighted by Gasteiger charge is -2.06. The fourth-order valence-electron chi connectivity index (χ4n) is 2.61. The van der Waals surface area contributed by atoms with Crippen LogP contribution in [0.5, 0.6) is 5.88 Å². The SMILES string of the molecule is CCn1c(=O)c2[nH]c(/C=C/c3ccc(OC)nc3)nc2n(CC)c1=O. The van der Waals surface area contributed by atoms with Crippen LogP contribution in [-0.2, 0) is 13.1 Å². The first kappa shape index (κ1) is 16.7. The van der Waals surface area contributed by atoms with Gasteiger partial charge < -0.3 is 9.72 Å². The quantitative estimate of drug-likeness (QED) is 0.759. The molecule has 3 aromatic heterocycles. The van der Waals surface area contributed by atoms with Crippen molar-refractivity contribution in [2.24, 2.45) is 0 Å². The number of methoxy groups -OCH3 is 1. The van der Waals surface area contributed by atoms with E-state index in [9.17, 15) is 9.59 Å². The number of pyridine rings is 1. The lowest BCUT2D eigenvalue weighted by molar-refractivity contribution is 0.398. The first-order chi connectivity index (χ1) is 12.1. The van der Waals surface area contributed by atoms with E-state index in [4.69, 9.17) is 4.74 Å². The van der Waals surface area contributed by atoms with Gasteiger partial charge in [0.25, 0.3) is 5.56 Å². The van der Waals surface area contributed by atoms with Gasteiger partial charge in [0, 0.05) is 25.4 Å². The van der Waals surface area contributed by atoms with E-state index >= 15 is 0 Å². The minimum atomic E-state index is -0.356. The van der Waals surface area contributed by atoms with E-state index in [0.29, 0.717) is 36.0 Å². The molecule has 1 N–H and O–H groups in total. The monoisotopic (exact) mass is 341 g/mol. The molecule has 3 rings (SSSR count). The Balaban J connectivity index is 2.06. The zero-order chi connectivity index (χ0) is 18.0. The van der Waals surface area contributed by atoms with Crippen LogP contribution in [0.1, 0.15) is 25.2 Å². The van der Waals surface area contributed by atoms with Crippen molar-refractivity contribution in [1.29, 1.82) is 0 Å². The van der Waals surface area contributed by atoms with E-state index in [2.05, 4.69) is 15.0 Å². The molecule has 3 heterocycles. The van der Waals surface area contributed by atoms with Gasteiger partial charge in [-0.3, -0.25) is 13.9 Å². The Morgan fingerprint density at radius 2 is 1.92 bits per heavy atom. The summed E-state index contributed by atoms with van der Waals surface area (Å²) in [5.74, 6) is 1.03. The van der Waals surface area contributed by atoms with Crippen molar-refractivity contribution >= 4 is 23.3 Å². The summed E-state index contributed by atoms with van der Waals surface area (Å²) in [6.07, 6.45) is 5.23. The molecule has 3 aromatic rings. The molecular formula is C17H19N5O3. The number of H-pyrrole nitrogens is 1. The van der Waals surface area contributed by atoms with E-state index in [1.165, 1.54) is 9.13 Å².